The number of ketones is 1. The topological polar surface area (TPSA) is 64.0 Å². The predicted octanol–water partition coefficient (Wildman–Crippen LogP) is 4.18. The van der Waals surface area contributed by atoms with Gasteiger partial charge in [-0.25, -0.2) is 13.8 Å². The molecule has 4 rings (SSSR count). The van der Waals surface area contributed by atoms with E-state index in [1.807, 2.05) is 0 Å². The van der Waals surface area contributed by atoms with Gasteiger partial charge in [0.15, 0.2) is 5.82 Å². The van der Waals surface area contributed by atoms with Gasteiger partial charge in [0, 0.05) is 11.3 Å². The van der Waals surface area contributed by atoms with Crippen molar-refractivity contribution in [2.45, 2.75) is 6.54 Å². The van der Waals surface area contributed by atoms with E-state index in [1.54, 1.807) is 30.3 Å². The van der Waals surface area contributed by atoms with Crippen molar-refractivity contribution in [3.63, 3.8) is 0 Å². The third kappa shape index (κ3) is 3.89. The Morgan fingerprint density at radius 3 is 2.38 bits per heavy atom. The molecule has 0 saturated carbocycles. The fraction of sp³-hybridized carbons (Fsp3) is 0.0455. The zero-order chi connectivity index (χ0) is 20.4. The molecule has 0 aliphatic carbocycles. The van der Waals surface area contributed by atoms with E-state index in [1.165, 1.54) is 41.0 Å². The van der Waals surface area contributed by atoms with E-state index in [0.29, 0.717) is 16.7 Å². The van der Waals surface area contributed by atoms with Crippen molar-refractivity contribution in [2.24, 2.45) is 0 Å². The average Bonchev–Trinajstić information content (AvgIpc) is 3.06. The molecule has 0 fully saturated rings. The van der Waals surface area contributed by atoms with Crippen LogP contribution in [0.4, 0.5) is 14.5 Å². The number of imidazole rings is 1. The molecule has 0 radical (unpaired) electrons. The highest BCUT2D eigenvalue weighted by atomic mass is 19.1. The van der Waals surface area contributed by atoms with Crippen LogP contribution in [0.15, 0.2) is 72.8 Å². The molecule has 0 aliphatic heterocycles. The maximum absolute atomic E-state index is 13.6. The lowest BCUT2D eigenvalue weighted by molar-refractivity contribution is -0.116. The fourth-order valence-corrected chi connectivity index (χ4v) is 3.08. The highest BCUT2D eigenvalue weighted by molar-refractivity contribution is 6.08. The van der Waals surface area contributed by atoms with Crippen LogP contribution in [0.3, 0.4) is 0 Å². The molecule has 4 aromatic rings. The minimum absolute atomic E-state index is 0.0196. The second-order valence-electron chi connectivity index (χ2n) is 6.41. The molecule has 0 aliphatic rings. The smallest absolute Gasteiger partial charge is 0.244 e. The van der Waals surface area contributed by atoms with Gasteiger partial charge in [0.1, 0.15) is 18.2 Å². The number of fused-ring (bicyclic) bond motifs is 1. The van der Waals surface area contributed by atoms with E-state index in [9.17, 15) is 18.4 Å². The molecular formula is C22H15F2N3O2. The Morgan fingerprint density at radius 2 is 1.62 bits per heavy atom. The average molecular weight is 391 g/mol. The van der Waals surface area contributed by atoms with E-state index in [2.05, 4.69) is 10.3 Å². The number of hydrogen-bond acceptors (Lipinski definition) is 3. The molecule has 0 unspecified atom stereocenters. The van der Waals surface area contributed by atoms with Crippen LogP contribution in [0.2, 0.25) is 0 Å². The van der Waals surface area contributed by atoms with Gasteiger partial charge in [0.2, 0.25) is 11.7 Å². The number of carbonyl (C=O) groups excluding carboxylic acids is 2. The number of carbonyl (C=O) groups is 2. The molecule has 29 heavy (non-hydrogen) atoms. The number of benzene rings is 3. The first-order chi connectivity index (χ1) is 14.0. The van der Waals surface area contributed by atoms with Gasteiger partial charge in [-0.2, -0.15) is 0 Å². The van der Waals surface area contributed by atoms with Crippen LogP contribution >= 0.6 is 0 Å². The Kier molecular flexibility index (Phi) is 4.87. The number of nitrogens with zero attached hydrogens (tertiary/aromatic N) is 2. The van der Waals surface area contributed by atoms with Crippen molar-refractivity contribution < 1.29 is 18.4 Å². The maximum Gasteiger partial charge on any atom is 0.244 e. The maximum atomic E-state index is 13.6. The van der Waals surface area contributed by atoms with Gasteiger partial charge in [0.05, 0.1) is 11.0 Å². The number of nitrogens with one attached hydrogen (secondary N) is 1. The van der Waals surface area contributed by atoms with Crippen molar-refractivity contribution in [2.75, 3.05) is 5.32 Å². The standard InChI is InChI=1S/C22H15F2N3O2/c23-15-6-3-5-14(11-15)21(29)22-26-18-9-1-2-10-19(18)27(22)13-20(28)25-17-8-4-7-16(24)12-17/h1-12H,13H2,(H,25,28). The number of anilines is 1. The van der Waals surface area contributed by atoms with E-state index in [0.717, 1.165) is 6.07 Å². The molecular weight excluding hydrogens is 376 g/mol. The van der Waals surface area contributed by atoms with Crippen LogP contribution in [0, 0.1) is 11.6 Å². The minimum Gasteiger partial charge on any atom is -0.324 e. The van der Waals surface area contributed by atoms with Crippen LogP contribution in [-0.2, 0) is 11.3 Å². The Morgan fingerprint density at radius 1 is 0.897 bits per heavy atom. The van der Waals surface area contributed by atoms with Crippen LogP contribution in [0.5, 0.6) is 0 Å². The Labute approximate surface area is 164 Å². The normalized spacial score (nSPS) is 10.8. The molecule has 5 nitrogen and oxygen atoms in total. The quantitative estimate of drug-likeness (QED) is 0.519. The summed E-state index contributed by atoms with van der Waals surface area (Å²) in [6, 6.07) is 17.8. The summed E-state index contributed by atoms with van der Waals surface area (Å²) in [5.41, 5.74) is 1.55. The third-order valence-electron chi connectivity index (χ3n) is 4.35. The largest absolute Gasteiger partial charge is 0.324 e. The van der Waals surface area contributed by atoms with Crippen LogP contribution in [0.1, 0.15) is 16.2 Å². The number of aromatic nitrogens is 2. The fourth-order valence-electron chi connectivity index (χ4n) is 3.08. The molecule has 0 atom stereocenters. The Hall–Kier alpha value is -3.87. The van der Waals surface area contributed by atoms with E-state index in [-0.39, 0.29) is 17.9 Å². The van der Waals surface area contributed by atoms with Crippen LogP contribution in [-0.4, -0.2) is 21.2 Å². The number of amides is 1. The molecule has 0 saturated heterocycles. The van der Waals surface area contributed by atoms with Crippen molar-refractivity contribution in [3.8, 4) is 0 Å². The van der Waals surface area contributed by atoms with E-state index in [4.69, 9.17) is 0 Å². The second-order valence-corrected chi connectivity index (χ2v) is 6.41. The molecule has 144 valence electrons. The van der Waals surface area contributed by atoms with Gasteiger partial charge < -0.3 is 9.88 Å². The van der Waals surface area contributed by atoms with Gasteiger partial charge in [-0.15, -0.1) is 0 Å². The first kappa shape index (κ1) is 18.5. The Balaban J connectivity index is 1.70. The first-order valence-corrected chi connectivity index (χ1v) is 8.82. The SMILES string of the molecule is O=C(Cn1c(C(=O)c2cccc(F)c2)nc2ccccc21)Nc1cccc(F)c1. The summed E-state index contributed by atoms with van der Waals surface area (Å²) in [6.07, 6.45) is 0. The number of rotatable bonds is 5. The summed E-state index contributed by atoms with van der Waals surface area (Å²) in [5.74, 6) is -1.95. The molecule has 0 spiro atoms. The summed E-state index contributed by atoms with van der Waals surface area (Å²) >= 11 is 0. The summed E-state index contributed by atoms with van der Waals surface area (Å²) in [4.78, 5) is 29.8. The summed E-state index contributed by atoms with van der Waals surface area (Å²) in [6.45, 7) is -0.215. The van der Waals surface area contributed by atoms with Crippen molar-refractivity contribution in [3.05, 3.63) is 95.8 Å². The molecule has 1 N–H and O–H groups in total. The molecule has 1 amide bonds. The summed E-state index contributed by atoms with van der Waals surface area (Å²) < 4.78 is 28.4. The molecule has 1 heterocycles. The number of halogens is 2. The lowest BCUT2D eigenvalue weighted by Gasteiger charge is -2.10. The van der Waals surface area contributed by atoms with Gasteiger partial charge >= 0.3 is 0 Å². The van der Waals surface area contributed by atoms with Crippen molar-refractivity contribution in [1.29, 1.82) is 0 Å². The van der Waals surface area contributed by atoms with E-state index < -0.39 is 23.3 Å². The minimum atomic E-state index is -0.539. The highest BCUT2D eigenvalue weighted by Crippen LogP contribution is 2.20. The lowest BCUT2D eigenvalue weighted by atomic mass is 10.1. The molecule has 3 aromatic carbocycles. The van der Waals surface area contributed by atoms with Crippen LogP contribution in [0.25, 0.3) is 11.0 Å². The number of para-hydroxylation sites is 2. The monoisotopic (exact) mass is 391 g/mol. The van der Waals surface area contributed by atoms with Gasteiger partial charge in [0.25, 0.3) is 0 Å². The zero-order valence-corrected chi connectivity index (χ0v) is 15.1. The predicted molar refractivity (Wildman–Crippen MR) is 105 cm³/mol. The zero-order valence-electron chi connectivity index (χ0n) is 15.1. The second kappa shape index (κ2) is 7.63. The highest BCUT2D eigenvalue weighted by Gasteiger charge is 2.21. The van der Waals surface area contributed by atoms with Gasteiger partial charge in [-0.1, -0.05) is 30.3 Å². The summed E-state index contributed by atoms with van der Waals surface area (Å²) in [7, 11) is 0. The van der Waals surface area contributed by atoms with Gasteiger partial charge in [-0.05, 0) is 42.5 Å². The molecule has 1 aromatic heterocycles. The van der Waals surface area contributed by atoms with Crippen molar-refractivity contribution >= 4 is 28.4 Å². The molecule has 0 bridgehead atoms. The third-order valence-corrected chi connectivity index (χ3v) is 4.35. The number of hydrogen-bond donors (Lipinski definition) is 1. The summed E-state index contributed by atoms with van der Waals surface area (Å²) in [5, 5.41) is 2.60. The van der Waals surface area contributed by atoms with Crippen molar-refractivity contribution in [1.82, 2.24) is 9.55 Å². The Bertz CT molecular complexity index is 1230. The van der Waals surface area contributed by atoms with E-state index >= 15 is 0 Å². The molecule has 7 heteroatoms. The lowest BCUT2D eigenvalue weighted by Crippen LogP contribution is -2.22. The van der Waals surface area contributed by atoms with Gasteiger partial charge in [-0.3, -0.25) is 9.59 Å². The van der Waals surface area contributed by atoms with Crippen LogP contribution < -0.4 is 5.32 Å². The first-order valence-electron chi connectivity index (χ1n) is 8.82.